The zero-order valence-electron chi connectivity index (χ0n) is 16.1. The topological polar surface area (TPSA) is 66.5 Å². The van der Waals surface area contributed by atoms with E-state index in [0.29, 0.717) is 5.69 Å². The van der Waals surface area contributed by atoms with E-state index in [4.69, 9.17) is 0 Å². The number of nitrogens with zero attached hydrogens (tertiary/aromatic N) is 1. The fourth-order valence-electron chi connectivity index (χ4n) is 2.81. The number of nitrogens with one attached hydrogen (secondary N) is 1. The molecule has 1 amide bonds. The van der Waals surface area contributed by atoms with Gasteiger partial charge in [-0.15, -0.1) is 0 Å². The van der Waals surface area contributed by atoms with Crippen LogP contribution in [0.15, 0.2) is 42.5 Å². The number of amides is 1. The molecule has 0 radical (unpaired) electrons. The van der Waals surface area contributed by atoms with E-state index >= 15 is 0 Å². The van der Waals surface area contributed by atoms with E-state index < -0.39 is 33.6 Å². The number of carbonyl (C=O) groups excluding carboxylic acids is 1. The Hall–Kier alpha value is -2.48. The highest BCUT2D eigenvalue weighted by atomic mass is 32.2. The first kappa shape index (κ1) is 21.8. The van der Waals surface area contributed by atoms with Crippen molar-refractivity contribution in [3.63, 3.8) is 0 Å². The average Bonchev–Trinajstić information content (AvgIpc) is 2.63. The Morgan fingerprint density at radius 3 is 2.29 bits per heavy atom. The molecule has 0 unspecified atom stereocenters. The van der Waals surface area contributed by atoms with Crippen LogP contribution in [0.4, 0.5) is 20.2 Å². The van der Waals surface area contributed by atoms with Gasteiger partial charge in [-0.3, -0.25) is 9.10 Å². The van der Waals surface area contributed by atoms with Crippen LogP contribution < -0.4 is 9.62 Å². The van der Waals surface area contributed by atoms with Crippen LogP contribution in [0.3, 0.4) is 0 Å². The lowest BCUT2D eigenvalue weighted by molar-refractivity contribution is -0.116. The molecule has 0 heterocycles. The van der Waals surface area contributed by atoms with Crippen LogP contribution in [0.5, 0.6) is 0 Å². The molecule has 2 aromatic rings. The molecule has 0 saturated carbocycles. The standard InChI is InChI=1S/C20H24F2N2O3S/c1-4-5-6-15-7-9-16(10-8-15)23-20(25)14(2)24(28(3,26)27)17-11-12-18(21)19(22)13-17/h7-14H,4-6H2,1-3H3,(H,23,25)/t14-/m1/s1. The summed E-state index contributed by atoms with van der Waals surface area (Å²) in [6, 6.07) is 8.83. The third kappa shape index (κ3) is 5.51. The van der Waals surface area contributed by atoms with E-state index in [1.807, 2.05) is 12.1 Å². The number of sulfonamides is 1. The number of hydrogen-bond acceptors (Lipinski definition) is 3. The van der Waals surface area contributed by atoms with Crippen LogP contribution in [0.2, 0.25) is 0 Å². The van der Waals surface area contributed by atoms with Crippen molar-refractivity contribution in [1.29, 1.82) is 0 Å². The Morgan fingerprint density at radius 2 is 1.75 bits per heavy atom. The minimum absolute atomic E-state index is 0.126. The van der Waals surface area contributed by atoms with Crippen molar-refractivity contribution in [3.8, 4) is 0 Å². The van der Waals surface area contributed by atoms with Gasteiger partial charge in [0.2, 0.25) is 15.9 Å². The summed E-state index contributed by atoms with van der Waals surface area (Å²) in [6.07, 6.45) is 4.00. The number of anilines is 2. The number of rotatable bonds is 8. The van der Waals surface area contributed by atoms with E-state index in [1.165, 1.54) is 6.92 Å². The van der Waals surface area contributed by atoms with E-state index in [1.54, 1.807) is 12.1 Å². The van der Waals surface area contributed by atoms with Gasteiger partial charge in [0.25, 0.3) is 0 Å². The third-order valence-corrected chi connectivity index (χ3v) is 5.53. The molecule has 0 aliphatic carbocycles. The number of hydrogen-bond donors (Lipinski definition) is 1. The molecule has 2 rings (SSSR count). The SMILES string of the molecule is CCCCc1ccc(NC(=O)[C@@H](C)N(c2ccc(F)c(F)c2)S(C)(=O)=O)cc1. The first-order valence-corrected chi connectivity index (χ1v) is 10.8. The van der Waals surface area contributed by atoms with Gasteiger partial charge < -0.3 is 5.32 Å². The predicted molar refractivity (Wildman–Crippen MR) is 107 cm³/mol. The van der Waals surface area contributed by atoms with Crippen molar-refractivity contribution in [1.82, 2.24) is 0 Å². The third-order valence-electron chi connectivity index (χ3n) is 4.29. The zero-order chi connectivity index (χ0) is 20.9. The summed E-state index contributed by atoms with van der Waals surface area (Å²) in [7, 11) is -3.92. The molecule has 152 valence electrons. The van der Waals surface area contributed by atoms with Crippen LogP contribution in [-0.4, -0.2) is 26.6 Å². The van der Waals surface area contributed by atoms with E-state index in [-0.39, 0.29) is 5.69 Å². The second-order valence-electron chi connectivity index (χ2n) is 6.62. The summed E-state index contributed by atoms with van der Waals surface area (Å²) < 4.78 is 51.9. The van der Waals surface area contributed by atoms with Gasteiger partial charge in [-0.2, -0.15) is 0 Å². The molecule has 0 bridgehead atoms. The summed E-state index contributed by atoms with van der Waals surface area (Å²) in [6.45, 7) is 3.49. The van der Waals surface area contributed by atoms with Crippen LogP contribution >= 0.6 is 0 Å². The van der Waals surface area contributed by atoms with Gasteiger partial charge in [0.15, 0.2) is 11.6 Å². The molecule has 0 fully saturated rings. The van der Waals surface area contributed by atoms with Crippen molar-refractivity contribution < 1.29 is 22.0 Å². The lowest BCUT2D eigenvalue weighted by Gasteiger charge is -2.28. The van der Waals surface area contributed by atoms with Crippen molar-refractivity contribution in [2.45, 2.75) is 39.2 Å². The largest absolute Gasteiger partial charge is 0.324 e. The minimum atomic E-state index is -3.92. The van der Waals surface area contributed by atoms with Gasteiger partial charge in [0.05, 0.1) is 11.9 Å². The van der Waals surface area contributed by atoms with Gasteiger partial charge in [-0.25, -0.2) is 17.2 Å². The fraction of sp³-hybridized carbons (Fsp3) is 0.350. The monoisotopic (exact) mass is 410 g/mol. The van der Waals surface area contributed by atoms with Crippen LogP contribution in [-0.2, 0) is 21.2 Å². The first-order valence-electron chi connectivity index (χ1n) is 8.97. The highest BCUT2D eigenvalue weighted by Crippen LogP contribution is 2.24. The summed E-state index contributed by atoms with van der Waals surface area (Å²) in [5, 5.41) is 2.66. The summed E-state index contributed by atoms with van der Waals surface area (Å²) >= 11 is 0. The molecule has 8 heteroatoms. The lowest BCUT2D eigenvalue weighted by atomic mass is 10.1. The second-order valence-corrected chi connectivity index (χ2v) is 8.48. The summed E-state index contributed by atoms with van der Waals surface area (Å²) in [5.41, 5.74) is 1.54. The maximum Gasteiger partial charge on any atom is 0.247 e. The number of carbonyl (C=O) groups is 1. The van der Waals surface area contributed by atoms with Crippen LogP contribution in [0.1, 0.15) is 32.3 Å². The number of halogens is 2. The predicted octanol–water partition coefficient (Wildman–Crippen LogP) is 4.10. The Labute approximate surface area is 164 Å². The molecule has 2 aromatic carbocycles. The molecular formula is C20H24F2N2O3S. The molecule has 0 aliphatic heterocycles. The molecule has 0 aromatic heterocycles. The Kier molecular flexibility index (Phi) is 7.12. The molecule has 28 heavy (non-hydrogen) atoms. The van der Waals surface area contributed by atoms with E-state index in [0.717, 1.165) is 53.6 Å². The van der Waals surface area contributed by atoms with Crippen molar-refractivity contribution in [2.75, 3.05) is 15.9 Å². The number of unbranched alkanes of at least 4 members (excludes halogenated alkanes) is 1. The quantitative estimate of drug-likeness (QED) is 0.713. The maximum absolute atomic E-state index is 13.6. The normalized spacial score (nSPS) is 12.5. The van der Waals surface area contributed by atoms with Crippen molar-refractivity contribution in [2.24, 2.45) is 0 Å². The lowest BCUT2D eigenvalue weighted by Crippen LogP contribution is -2.45. The molecule has 0 aliphatic rings. The van der Waals surface area contributed by atoms with Gasteiger partial charge in [0.1, 0.15) is 6.04 Å². The molecule has 0 spiro atoms. The fourth-order valence-corrected chi connectivity index (χ4v) is 3.98. The molecule has 1 N–H and O–H groups in total. The molecular weight excluding hydrogens is 386 g/mol. The summed E-state index contributed by atoms with van der Waals surface area (Å²) in [5.74, 6) is -2.88. The average molecular weight is 410 g/mol. The molecule has 1 atom stereocenters. The van der Waals surface area contributed by atoms with Crippen molar-refractivity contribution >= 4 is 27.3 Å². The Balaban J connectivity index is 2.20. The molecule has 0 saturated heterocycles. The maximum atomic E-state index is 13.6. The highest BCUT2D eigenvalue weighted by molar-refractivity contribution is 7.92. The Bertz CT molecular complexity index is 931. The number of aryl methyl sites for hydroxylation is 1. The smallest absolute Gasteiger partial charge is 0.247 e. The van der Waals surface area contributed by atoms with E-state index in [2.05, 4.69) is 12.2 Å². The Morgan fingerprint density at radius 1 is 1.11 bits per heavy atom. The van der Waals surface area contributed by atoms with Crippen LogP contribution in [0, 0.1) is 11.6 Å². The number of benzene rings is 2. The van der Waals surface area contributed by atoms with Gasteiger partial charge >= 0.3 is 0 Å². The first-order chi connectivity index (χ1) is 13.1. The zero-order valence-corrected chi connectivity index (χ0v) is 16.9. The van der Waals surface area contributed by atoms with Gasteiger partial charge in [-0.1, -0.05) is 25.5 Å². The molecule has 5 nitrogen and oxygen atoms in total. The minimum Gasteiger partial charge on any atom is -0.324 e. The highest BCUT2D eigenvalue weighted by Gasteiger charge is 2.29. The van der Waals surface area contributed by atoms with Gasteiger partial charge in [-0.05, 0) is 49.6 Å². The van der Waals surface area contributed by atoms with Crippen molar-refractivity contribution in [3.05, 3.63) is 59.7 Å². The van der Waals surface area contributed by atoms with E-state index in [9.17, 15) is 22.0 Å². The summed E-state index contributed by atoms with van der Waals surface area (Å²) in [4.78, 5) is 12.6. The van der Waals surface area contributed by atoms with Crippen LogP contribution in [0.25, 0.3) is 0 Å². The van der Waals surface area contributed by atoms with Gasteiger partial charge in [0, 0.05) is 11.8 Å². The second kappa shape index (κ2) is 9.14.